The maximum atomic E-state index is 12.9. The molecule has 0 aromatic rings. The smallest absolute Gasteiger partial charge is 0.138 e. The summed E-state index contributed by atoms with van der Waals surface area (Å²) < 4.78 is 0. The molecule has 2 nitrogen and oxygen atoms in total. The van der Waals surface area contributed by atoms with E-state index in [2.05, 4.69) is 61.5 Å². The Labute approximate surface area is 197 Å². The van der Waals surface area contributed by atoms with Crippen molar-refractivity contribution in [3.63, 3.8) is 0 Å². The molecule has 2 heteroatoms. The van der Waals surface area contributed by atoms with Gasteiger partial charge in [0.15, 0.2) is 0 Å². The van der Waals surface area contributed by atoms with Crippen LogP contribution in [0.25, 0.3) is 0 Å². The number of aliphatic hydroxyl groups is 1. The summed E-state index contributed by atoms with van der Waals surface area (Å²) in [5, 5.41) is 11.9. The Morgan fingerprint density at radius 3 is 2.25 bits per heavy atom. The monoisotopic (exact) mass is 440 g/mol. The van der Waals surface area contributed by atoms with Crippen LogP contribution in [0.3, 0.4) is 0 Å². The average molecular weight is 441 g/mol. The summed E-state index contributed by atoms with van der Waals surface area (Å²) >= 11 is 0. The van der Waals surface area contributed by atoms with Crippen LogP contribution in [0.4, 0.5) is 0 Å². The zero-order valence-electron chi connectivity index (χ0n) is 22.1. The summed E-state index contributed by atoms with van der Waals surface area (Å²) in [7, 11) is 0. The van der Waals surface area contributed by atoms with Crippen LogP contribution >= 0.6 is 0 Å². The summed E-state index contributed by atoms with van der Waals surface area (Å²) in [6, 6.07) is 0. The van der Waals surface area contributed by atoms with E-state index >= 15 is 0 Å². The van der Waals surface area contributed by atoms with Crippen LogP contribution in [0, 0.1) is 50.2 Å². The van der Waals surface area contributed by atoms with E-state index in [-0.39, 0.29) is 33.7 Å². The largest absolute Gasteiger partial charge is 0.392 e. The summed E-state index contributed by atoms with van der Waals surface area (Å²) in [4.78, 5) is 12.9. The van der Waals surface area contributed by atoms with Crippen molar-refractivity contribution >= 4 is 5.78 Å². The molecule has 0 amide bonds. The van der Waals surface area contributed by atoms with Crippen LogP contribution < -0.4 is 0 Å². The SMILES string of the molecule is CC1(C)C(=O)CC[C@]2(C)[C@H]3CC[C@]4(C)C(=CC[C@@]5(C)[C@H]4CCCC5(C)C)[C@]3(C)[C@H](O)C[C@@H]12. The van der Waals surface area contributed by atoms with Gasteiger partial charge in [0.25, 0.3) is 0 Å². The van der Waals surface area contributed by atoms with Crippen molar-refractivity contribution in [1.82, 2.24) is 0 Å². The zero-order valence-corrected chi connectivity index (χ0v) is 22.1. The topological polar surface area (TPSA) is 37.3 Å². The van der Waals surface area contributed by atoms with Gasteiger partial charge in [0.1, 0.15) is 5.78 Å². The lowest BCUT2D eigenvalue weighted by Gasteiger charge is -2.71. The second kappa shape index (κ2) is 6.52. The molecule has 8 atom stereocenters. The number of allylic oxidation sites excluding steroid dienone is 1. The molecule has 0 saturated heterocycles. The molecular formula is C30H48O2. The van der Waals surface area contributed by atoms with E-state index in [1.54, 1.807) is 5.57 Å². The molecule has 0 radical (unpaired) electrons. The van der Waals surface area contributed by atoms with Gasteiger partial charge in [0, 0.05) is 17.3 Å². The number of hydrogen-bond donors (Lipinski definition) is 1. The fourth-order valence-corrected chi connectivity index (χ4v) is 10.8. The first-order valence-electron chi connectivity index (χ1n) is 13.6. The third kappa shape index (κ3) is 2.49. The molecule has 0 aliphatic heterocycles. The van der Waals surface area contributed by atoms with Gasteiger partial charge in [-0.25, -0.2) is 0 Å². The quantitative estimate of drug-likeness (QED) is 0.400. The third-order valence-electron chi connectivity index (χ3n) is 13.2. The first-order chi connectivity index (χ1) is 14.7. The molecule has 180 valence electrons. The minimum atomic E-state index is -0.345. The molecule has 1 N–H and O–H groups in total. The van der Waals surface area contributed by atoms with Crippen LogP contribution in [0.2, 0.25) is 0 Å². The van der Waals surface area contributed by atoms with Crippen LogP contribution in [0.15, 0.2) is 11.6 Å². The van der Waals surface area contributed by atoms with E-state index in [1.807, 2.05) is 0 Å². The van der Waals surface area contributed by atoms with Crippen molar-refractivity contribution < 1.29 is 9.90 Å². The predicted molar refractivity (Wildman–Crippen MR) is 131 cm³/mol. The molecule has 4 saturated carbocycles. The van der Waals surface area contributed by atoms with Gasteiger partial charge in [-0.1, -0.05) is 73.5 Å². The van der Waals surface area contributed by atoms with Gasteiger partial charge in [0.2, 0.25) is 0 Å². The van der Waals surface area contributed by atoms with Gasteiger partial charge >= 0.3 is 0 Å². The molecule has 0 aromatic heterocycles. The standard InChI is InChI=1S/C30H48O2/c1-25(2)14-9-10-19-27(5)15-11-20-28(6)16-13-23(31)26(3,4)22(28)18-24(32)30(20,8)21(27)12-17-29(19,25)7/h12,19-20,22,24,32H,9-11,13-18H2,1-8H3/t19-,20+,22-,24+,27-,28+,29-,30+/m0/s1. The van der Waals surface area contributed by atoms with E-state index in [9.17, 15) is 9.90 Å². The van der Waals surface area contributed by atoms with E-state index < -0.39 is 0 Å². The molecule has 5 aliphatic carbocycles. The fourth-order valence-electron chi connectivity index (χ4n) is 10.8. The Bertz CT molecular complexity index is 866. The van der Waals surface area contributed by atoms with Crippen molar-refractivity contribution in [2.45, 2.75) is 119 Å². The molecule has 0 heterocycles. The lowest BCUT2D eigenvalue weighted by Crippen LogP contribution is -2.67. The van der Waals surface area contributed by atoms with Gasteiger partial charge in [0.05, 0.1) is 6.10 Å². The summed E-state index contributed by atoms with van der Waals surface area (Å²) in [5.74, 6) is 1.88. The maximum Gasteiger partial charge on any atom is 0.138 e. The first-order valence-corrected chi connectivity index (χ1v) is 13.6. The number of fused-ring (bicyclic) bond motifs is 7. The van der Waals surface area contributed by atoms with Crippen LogP contribution in [0.1, 0.15) is 113 Å². The Kier molecular flexibility index (Phi) is 4.71. The molecular weight excluding hydrogens is 392 g/mol. The highest BCUT2D eigenvalue weighted by Gasteiger charge is 2.69. The Morgan fingerprint density at radius 2 is 1.56 bits per heavy atom. The molecule has 4 fully saturated rings. The van der Waals surface area contributed by atoms with Crippen molar-refractivity contribution in [3.05, 3.63) is 11.6 Å². The second-order valence-electron chi connectivity index (χ2n) is 14.8. The van der Waals surface area contributed by atoms with Crippen LogP contribution in [-0.2, 0) is 4.79 Å². The number of hydrogen-bond acceptors (Lipinski definition) is 2. The van der Waals surface area contributed by atoms with Crippen molar-refractivity contribution in [2.24, 2.45) is 50.2 Å². The Hall–Kier alpha value is -0.630. The van der Waals surface area contributed by atoms with E-state index in [4.69, 9.17) is 0 Å². The molecule has 32 heavy (non-hydrogen) atoms. The zero-order chi connectivity index (χ0) is 23.5. The van der Waals surface area contributed by atoms with Crippen LogP contribution in [0.5, 0.6) is 0 Å². The average Bonchev–Trinajstić information content (AvgIpc) is 2.69. The van der Waals surface area contributed by atoms with Gasteiger partial charge in [-0.3, -0.25) is 4.79 Å². The van der Waals surface area contributed by atoms with Gasteiger partial charge in [-0.15, -0.1) is 0 Å². The number of ketones is 1. The van der Waals surface area contributed by atoms with Gasteiger partial charge in [-0.2, -0.15) is 0 Å². The Balaban J connectivity index is 1.62. The number of carbonyl (C=O) groups excluding carboxylic acids is 1. The van der Waals surface area contributed by atoms with Crippen molar-refractivity contribution in [3.8, 4) is 0 Å². The summed E-state index contributed by atoms with van der Waals surface area (Å²) in [6.07, 6.45) is 12.4. The first kappa shape index (κ1) is 23.1. The lowest BCUT2D eigenvalue weighted by atomic mass is 9.33. The number of carbonyl (C=O) groups is 1. The normalized spacial score (nSPS) is 53.9. The van der Waals surface area contributed by atoms with Crippen LogP contribution in [-0.4, -0.2) is 17.0 Å². The summed E-state index contributed by atoms with van der Waals surface area (Å²) in [6.45, 7) is 19.4. The second-order valence-corrected chi connectivity index (χ2v) is 14.8. The fraction of sp³-hybridized carbons (Fsp3) is 0.900. The van der Waals surface area contributed by atoms with Crippen molar-refractivity contribution in [2.75, 3.05) is 0 Å². The number of aliphatic hydroxyl groups excluding tert-OH is 1. The predicted octanol–water partition coefficient (Wildman–Crippen LogP) is 7.35. The molecule has 0 spiro atoms. The maximum absolute atomic E-state index is 12.9. The summed E-state index contributed by atoms with van der Waals surface area (Å²) in [5.41, 5.74) is 2.18. The van der Waals surface area contributed by atoms with Gasteiger partial charge < -0.3 is 5.11 Å². The lowest BCUT2D eigenvalue weighted by molar-refractivity contribution is -0.201. The molecule has 0 bridgehead atoms. The minimum Gasteiger partial charge on any atom is -0.392 e. The highest BCUT2D eigenvalue weighted by molar-refractivity contribution is 5.85. The highest BCUT2D eigenvalue weighted by atomic mass is 16.3. The van der Waals surface area contributed by atoms with E-state index in [1.165, 1.54) is 32.1 Å². The number of rotatable bonds is 0. The van der Waals surface area contributed by atoms with Gasteiger partial charge in [-0.05, 0) is 84.4 Å². The van der Waals surface area contributed by atoms with Crippen molar-refractivity contribution in [1.29, 1.82) is 0 Å². The molecule has 0 aromatic carbocycles. The van der Waals surface area contributed by atoms with E-state index in [0.717, 1.165) is 19.3 Å². The molecule has 5 aliphatic rings. The minimum absolute atomic E-state index is 0.139. The number of Topliss-reactive ketones (excluding diaryl/α,β-unsaturated/α-hetero) is 1. The Morgan fingerprint density at radius 1 is 0.875 bits per heavy atom. The highest BCUT2D eigenvalue weighted by Crippen LogP contribution is 2.75. The molecule has 5 rings (SSSR count). The van der Waals surface area contributed by atoms with E-state index in [0.29, 0.717) is 34.9 Å². The third-order valence-corrected chi connectivity index (χ3v) is 13.2. The molecule has 0 unspecified atom stereocenters.